The summed E-state index contributed by atoms with van der Waals surface area (Å²) in [4.78, 5) is 14.2. The standard InChI is InChI=1S/C14H18ClNO/c1-11(15)10-16(2)13(17)14(8-9-14)12-6-4-3-5-7-12/h3-7,11H,8-10H2,1-2H3. The van der Waals surface area contributed by atoms with Crippen molar-refractivity contribution in [3.8, 4) is 0 Å². The van der Waals surface area contributed by atoms with Crippen LogP contribution in [0.3, 0.4) is 0 Å². The average Bonchev–Trinajstić information content (AvgIpc) is 3.09. The van der Waals surface area contributed by atoms with E-state index in [1.807, 2.05) is 44.3 Å². The Morgan fingerprint density at radius 1 is 1.41 bits per heavy atom. The molecule has 3 heteroatoms. The third-order valence-corrected chi connectivity index (χ3v) is 3.50. The minimum atomic E-state index is -0.262. The highest BCUT2D eigenvalue weighted by Gasteiger charge is 2.52. The summed E-state index contributed by atoms with van der Waals surface area (Å²) >= 11 is 5.94. The molecule has 2 nitrogen and oxygen atoms in total. The monoisotopic (exact) mass is 251 g/mol. The number of hydrogen-bond acceptors (Lipinski definition) is 1. The normalized spacial score (nSPS) is 18.5. The summed E-state index contributed by atoms with van der Waals surface area (Å²) in [7, 11) is 1.84. The van der Waals surface area contributed by atoms with Gasteiger partial charge in [0.25, 0.3) is 0 Å². The fourth-order valence-electron chi connectivity index (χ4n) is 2.33. The Hall–Kier alpha value is -1.02. The minimum Gasteiger partial charge on any atom is -0.344 e. The molecule has 0 spiro atoms. The van der Waals surface area contributed by atoms with E-state index >= 15 is 0 Å². The van der Waals surface area contributed by atoms with Crippen LogP contribution in [0, 0.1) is 0 Å². The zero-order valence-corrected chi connectivity index (χ0v) is 11.1. The summed E-state index contributed by atoms with van der Waals surface area (Å²) in [5.41, 5.74) is 0.876. The van der Waals surface area contributed by atoms with E-state index in [0.29, 0.717) is 6.54 Å². The first-order valence-corrected chi connectivity index (χ1v) is 6.45. The molecule has 0 saturated heterocycles. The van der Waals surface area contributed by atoms with Gasteiger partial charge in [-0.3, -0.25) is 4.79 Å². The van der Waals surface area contributed by atoms with Crippen molar-refractivity contribution < 1.29 is 4.79 Å². The van der Waals surface area contributed by atoms with Gasteiger partial charge < -0.3 is 4.90 Å². The summed E-state index contributed by atoms with van der Waals surface area (Å²) in [6, 6.07) is 10.1. The number of hydrogen-bond donors (Lipinski definition) is 0. The zero-order chi connectivity index (χ0) is 12.5. The Kier molecular flexibility index (Phi) is 3.43. The number of carbonyl (C=O) groups is 1. The Bertz CT molecular complexity index is 398. The van der Waals surface area contributed by atoms with E-state index in [4.69, 9.17) is 11.6 Å². The fourth-order valence-corrected chi connectivity index (χ4v) is 2.54. The lowest BCUT2D eigenvalue weighted by molar-refractivity contribution is -0.132. The Morgan fingerprint density at radius 3 is 2.47 bits per heavy atom. The molecule has 1 fully saturated rings. The highest BCUT2D eigenvalue weighted by molar-refractivity contribution is 6.20. The van der Waals surface area contributed by atoms with Crippen LogP contribution in [0.4, 0.5) is 0 Å². The van der Waals surface area contributed by atoms with Gasteiger partial charge in [0, 0.05) is 19.0 Å². The average molecular weight is 252 g/mol. The van der Waals surface area contributed by atoms with Crippen molar-refractivity contribution in [2.24, 2.45) is 0 Å². The molecule has 1 amide bonds. The van der Waals surface area contributed by atoms with Crippen LogP contribution in [0.2, 0.25) is 0 Å². The van der Waals surface area contributed by atoms with Gasteiger partial charge in [-0.1, -0.05) is 30.3 Å². The predicted octanol–water partition coefficient (Wildman–Crippen LogP) is 2.80. The molecule has 1 unspecified atom stereocenters. The Morgan fingerprint density at radius 2 is 2.00 bits per heavy atom. The van der Waals surface area contributed by atoms with E-state index in [9.17, 15) is 4.79 Å². The molecule has 0 radical (unpaired) electrons. The molecule has 17 heavy (non-hydrogen) atoms. The molecule has 1 aliphatic carbocycles. The molecule has 92 valence electrons. The topological polar surface area (TPSA) is 20.3 Å². The fraction of sp³-hybridized carbons (Fsp3) is 0.500. The van der Waals surface area contributed by atoms with Gasteiger partial charge >= 0.3 is 0 Å². The lowest BCUT2D eigenvalue weighted by Gasteiger charge is -2.24. The molecule has 0 N–H and O–H groups in total. The van der Waals surface area contributed by atoms with Crippen molar-refractivity contribution in [3.63, 3.8) is 0 Å². The number of benzene rings is 1. The van der Waals surface area contributed by atoms with E-state index in [1.165, 1.54) is 0 Å². The number of amides is 1. The smallest absolute Gasteiger partial charge is 0.233 e. The predicted molar refractivity (Wildman–Crippen MR) is 70.3 cm³/mol. The summed E-state index contributed by atoms with van der Waals surface area (Å²) in [6.07, 6.45) is 1.91. The molecule has 1 aliphatic rings. The van der Waals surface area contributed by atoms with Crippen molar-refractivity contribution in [2.45, 2.75) is 30.6 Å². The lowest BCUT2D eigenvalue weighted by Crippen LogP contribution is -2.39. The second-order valence-corrected chi connectivity index (χ2v) is 5.66. The molecule has 2 rings (SSSR count). The SMILES string of the molecule is CC(Cl)CN(C)C(=O)C1(c2ccccc2)CC1. The number of carbonyl (C=O) groups excluding carboxylic acids is 1. The molecular formula is C14H18ClNO. The maximum absolute atomic E-state index is 12.4. The van der Waals surface area contributed by atoms with Crippen LogP contribution >= 0.6 is 11.6 Å². The van der Waals surface area contributed by atoms with Crippen LogP contribution in [0.15, 0.2) is 30.3 Å². The molecule has 1 atom stereocenters. The molecule has 1 aromatic rings. The first kappa shape index (κ1) is 12.4. The van der Waals surface area contributed by atoms with Gasteiger partial charge in [-0.15, -0.1) is 11.6 Å². The van der Waals surface area contributed by atoms with Gasteiger partial charge in [-0.2, -0.15) is 0 Å². The maximum Gasteiger partial charge on any atom is 0.233 e. The quantitative estimate of drug-likeness (QED) is 0.754. The maximum atomic E-state index is 12.4. The number of rotatable bonds is 4. The van der Waals surface area contributed by atoms with Gasteiger partial charge in [-0.25, -0.2) is 0 Å². The summed E-state index contributed by atoms with van der Waals surface area (Å²) in [5, 5.41) is -0.00415. The van der Waals surface area contributed by atoms with Crippen molar-refractivity contribution in [3.05, 3.63) is 35.9 Å². The van der Waals surface area contributed by atoms with Crippen LogP contribution in [0.5, 0.6) is 0 Å². The van der Waals surface area contributed by atoms with E-state index in [1.54, 1.807) is 4.90 Å². The van der Waals surface area contributed by atoms with Crippen LogP contribution in [-0.4, -0.2) is 29.8 Å². The lowest BCUT2D eigenvalue weighted by atomic mass is 9.94. The van der Waals surface area contributed by atoms with Gasteiger partial charge in [0.1, 0.15) is 0 Å². The van der Waals surface area contributed by atoms with E-state index in [-0.39, 0.29) is 16.7 Å². The van der Waals surface area contributed by atoms with Crippen molar-refractivity contribution in [1.29, 1.82) is 0 Å². The molecule has 1 aromatic carbocycles. The van der Waals surface area contributed by atoms with Crippen LogP contribution in [0.1, 0.15) is 25.3 Å². The summed E-state index contributed by atoms with van der Waals surface area (Å²) < 4.78 is 0. The number of alkyl halides is 1. The van der Waals surface area contributed by atoms with Crippen molar-refractivity contribution in [1.82, 2.24) is 4.90 Å². The van der Waals surface area contributed by atoms with E-state index in [0.717, 1.165) is 18.4 Å². The van der Waals surface area contributed by atoms with Gasteiger partial charge in [-0.05, 0) is 25.3 Å². The molecule has 0 aliphatic heterocycles. The van der Waals surface area contributed by atoms with Crippen LogP contribution in [0.25, 0.3) is 0 Å². The summed E-state index contributed by atoms with van der Waals surface area (Å²) in [6.45, 7) is 2.52. The first-order chi connectivity index (χ1) is 8.06. The first-order valence-electron chi connectivity index (χ1n) is 6.01. The summed E-state index contributed by atoms with van der Waals surface area (Å²) in [5.74, 6) is 0.205. The molecule has 0 aromatic heterocycles. The molecule has 1 saturated carbocycles. The van der Waals surface area contributed by atoms with E-state index < -0.39 is 0 Å². The Labute approximate surface area is 108 Å². The van der Waals surface area contributed by atoms with Gasteiger partial charge in [0.05, 0.1) is 5.41 Å². The van der Waals surface area contributed by atoms with E-state index in [2.05, 4.69) is 0 Å². The molecular weight excluding hydrogens is 234 g/mol. The Balaban J connectivity index is 2.14. The second-order valence-electron chi connectivity index (χ2n) is 4.91. The van der Waals surface area contributed by atoms with Crippen LogP contribution in [-0.2, 0) is 10.2 Å². The molecule has 0 heterocycles. The van der Waals surface area contributed by atoms with Gasteiger partial charge in [0.2, 0.25) is 5.91 Å². The van der Waals surface area contributed by atoms with Crippen molar-refractivity contribution in [2.75, 3.05) is 13.6 Å². The van der Waals surface area contributed by atoms with Crippen LogP contribution < -0.4 is 0 Å². The zero-order valence-electron chi connectivity index (χ0n) is 10.3. The minimum absolute atomic E-state index is 0.00415. The number of likely N-dealkylation sites (N-methyl/N-ethyl adjacent to an activating group) is 1. The highest BCUT2D eigenvalue weighted by Crippen LogP contribution is 2.49. The number of halogens is 1. The largest absolute Gasteiger partial charge is 0.344 e. The third-order valence-electron chi connectivity index (χ3n) is 3.36. The highest BCUT2D eigenvalue weighted by atomic mass is 35.5. The second kappa shape index (κ2) is 4.69. The molecule has 0 bridgehead atoms. The van der Waals surface area contributed by atoms with Gasteiger partial charge in [0.15, 0.2) is 0 Å². The third kappa shape index (κ3) is 2.47. The number of nitrogens with zero attached hydrogens (tertiary/aromatic N) is 1. The van der Waals surface area contributed by atoms with Crippen molar-refractivity contribution >= 4 is 17.5 Å².